The Hall–Kier alpha value is -5.30. The number of phenols is 1. The zero-order valence-electron chi connectivity index (χ0n) is 33.1. The molecule has 10 nitrogen and oxygen atoms in total. The first-order valence-corrected chi connectivity index (χ1v) is 18.5. The summed E-state index contributed by atoms with van der Waals surface area (Å²) in [6.45, 7) is 16.5. The number of esters is 1. The molecule has 0 aromatic heterocycles. The predicted molar refractivity (Wildman–Crippen MR) is 210 cm³/mol. The summed E-state index contributed by atoms with van der Waals surface area (Å²) in [6, 6.07) is 18.3. The van der Waals surface area contributed by atoms with Crippen molar-refractivity contribution in [3.8, 4) is 18.1 Å². The Morgan fingerprint density at radius 3 is 1.83 bits per heavy atom. The van der Waals surface area contributed by atoms with Crippen LogP contribution in [0.5, 0.6) is 5.75 Å². The number of ether oxygens (including phenoxy) is 2. The minimum atomic E-state index is -1.25. The number of carbonyl (C=O) groups is 4. The van der Waals surface area contributed by atoms with Crippen LogP contribution in [0.2, 0.25) is 0 Å². The number of carbonyl (C=O) groups excluding carboxylic acids is 4. The van der Waals surface area contributed by atoms with Crippen molar-refractivity contribution in [2.24, 2.45) is 5.92 Å². The lowest BCUT2D eigenvalue weighted by Crippen LogP contribution is -2.57. The molecular weight excluding hydrogens is 682 g/mol. The fourth-order valence-corrected chi connectivity index (χ4v) is 5.88. The summed E-state index contributed by atoms with van der Waals surface area (Å²) >= 11 is 0. The van der Waals surface area contributed by atoms with E-state index in [1.165, 1.54) is 17.0 Å². The summed E-state index contributed by atoms with van der Waals surface area (Å²) < 4.78 is 11.3. The van der Waals surface area contributed by atoms with Crippen LogP contribution in [-0.2, 0) is 36.7 Å². The van der Waals surface area contributed by atoms with Crippen LogP contribution in [-0.4, -0.2) is 63.2 Å². The van der Waals surface area contributed by atoms with Gasteiger partial charge in [0.05, 0.1) is 0 Å². The minimum absolute atomic E-state index is 0.0324. The van der Waals surface area contributed by atoms with Gasteiger partial charge in [-0.05, 0) is 108 Å². The van der Waals surface area contributed by atoms with Gasteiger partial charge in [-0.3, -0.25) is 9.59 Å². The van der Waals surface area contributed by atoms with E-state index in [0.717, 1.165) is 12.0 Å². The van der Waals surface area contributed by atoms with Crippen molar-refractivity contribution in [1.82, 2.24) is 15.5 Å². The van der Waals surface area contributed by atoms with Gasteiger partial charge in [0.2, 0.25) is 11.8 Å². The van der Waals surface area contributed by atoms with Crippen molar-refractivity contribution in [3.63, 3.8) is 0 Å². The molecule has 3 aromatic rings. The molecule has 4 unspecified atom stereocenters. The van der Waals surface area contributed by atoms with Gasteiger partial charge >= 0.3 is 12.1 Å². The number of nitrogens with one attached hydrogen (secondary N) is 2. The van der Waals surface area contributed by atoms with Crippen molar-refractivity contribution in [2.75, 3.05) is 0 Å². The molecule has 0 bridgehead atoms. The number of benzene rings is 3. The summed E-state index contributed by atoms with van der Waals surface area (Å²) in [6.07, 6.45) is 6.33. The SMILES string of the molecule is C#Cc1ccc(C(C(=O)NC(Cc2ccccc2)C(=O)OC(C)(C)C)N(C(=O)C(Cc2ccc(O)cc2)NC(=O)OC(C)(C)C)C(C)CCC(C)C)cc1. The van der Waals surface area contributed by atoms with Gasteiger partial charge in [-0.15, -0.1) is 6.42 Å². The van der Waals surface area contributed by atoms with Crippen molar-refractivity contribution in [3.05, 3.63) is 101 Å². The Bertz CT molecular complexity index is 1730. The molecule has 0 heterocycles. The Kier molecular flexibility index (Phi) is 15.3. The van der Waals surface area contributed by atoms with E-state index >= 15 is 4.79 Å². The molecule has 0 aliphatic carbocycles. The van der Waals surface area contributed by atoms with Gasteiger partial charge < -0.3 is 30.1 Å². The molecule has 0 spiro atoms. The lowest BCUT2D eigenvalue weighted by molar-refractivity contribution is -0.159. The Labute approximate surface area is 321 Å². The third-order valence-corrected chi connectivity index (χ3v) is 8.47. The van der Waals surface area contributed by atoms with Gasteiger partial charge in [-0.1, -0.05) is 74.4 Å². The number of phenolic OH excluding ortho intramolecular Hbond substituents is 1. The first-order chi connectivity index (χ1) is 25.3. The maximum absolute atomic E-state index is 15.1. The highest BCUT2D eigenvalue weighted by molar-refractivity contribution is 5.94. The summed E-state index contributed by atoms with van der Waals surface area (Å²) in [5.41, 5.74) is 0.817. The smallest absolute Gasteiger partial charge is 0.408 e. The number of amides is 3. The number of nitrogens with zero attached hydrogens (tertiary/aromatic N) is 1. The second-order valence-electron chi connectivity index (χ2n) is 16.1. The van der Waals surface area contributed by atoms with E-state index < -0.39 is 59.2 Å². The average Bonchev–Trinajstić information content (AvgIpc) is 3.08. The fraction of sp³-hybridized carbons (Fsp3) is 0.455. The van der Waals surface area contributed by atoms with Crippen LogP contribution in [0.4, 0.5) is 4.79 Å². The topological polar surface area (TPSA) is 134 Å². The highest BCUT2D eigenvalue weighted by atomic mass is 16.6. The van der Waals surface area contributed by atoms with Gasteiger partial charge in [-0.25, -0.2) is 9.59 Å². The summed E-state index contributed by atoms with van der Waals surface area (Å²) in [7, 11) is 0. The zero-order valence-corrected chi connectivity index (χ0v) is 33.1. The van der Waals surface area contributed by atoms with Gasteiger partial charge in [0, 0.05) is 24.4 Å². The summed E-state index contributed by atoms with van der Waals surface area (Å²) in [4.78, 5) is 58.5. The molecule has 0 aliphatic rings. The fourth-order valence-electron chi connectivity index (χ4n) is 5.88. The van der Waals surface area contributed by atoms with E-state index in [4.69, 9.17) is 15.9 Å². The van der Waals surface area contributed by atoms with Crippen LogP contribution in [0, 0.1) is 18.3 Å². The number of hydrogen-bond donors (Lipinski definition) is 3. The molecule has 3 N–H and O–H groups in total. The van der Waals surface area contributed by atoms with E-state index in [0.29, 0.717) is 29.0 Å². The molecule has 3 aromatic carbocycles. The monoisotopic (exact) mass is 739 g/mol. The van der Waals surface area contributed by atoms with Crippen LogP contribution in [0.3, 0.4) is 0 Å². The predicted octanol–water partition coefficient (Wildman–Crippen LogP) is 7.27. The number of terminal acetylenes is 1. The molecule has 4 atom stereocenters. The van der Waals surface area contributed by atoms with Crippen LogP contribution in [0.25, 0.3) is 0 Å². The Morgan fingerprint density at radius 2 is 1.30 bits per heavy atom. The van der Waals surface area contributed by atoms with Gasteiger partial charge in [0.25, 0.3) is 0 Å². The first kappa shape index (κ1) is 43.1. The highest BCUT2D eigenvalue weighted by Gasteiger charge is 2.40. The molecule has 10 heteroatoms. The molecular formula is C44H57N3O7. The minimum Gasteiger partial charge on any atom is -0.508 e. The second kappa shape index (κ2) is 19.2. The maximum Gasteiger partial charge on any atom is 0.408 e. The number of rotatable bonds is 15. The van der Waals surface area contributed by atoms with E-state index in [2.05, 4.69) is 30.4 Å². The number of aromatic hydroxyl groups is 1. The van der Waals surface area contributed by atoms with Crippen molar-refractivity contribution in [2.45, 2.75) is 123 Å². The normalized spacial score (nSPS) is 13.8. The molecule has 0 radical (unpaired) electrons. The van der Waals surface area contributed by atoms with Crippen molar-refractivity contribution < 1.29 is 33.8 Å². The standard InChI is InChI=1S/C44H57N3O7/c1-11-31-19-23-34(24-20-31)38(39(49)45-37(41(51)53-43(5,6)7)28-32-15-13-12-14-16-32)47(30(4)18-17-29(2)3)40(50)36(46-42(52)54-44(8,9)10)27-33-21-25-35(48)26-22-33/h1,12-16,19-26,29-30,36-38,48H,17-18,27-28H2,2-10H3,(H,45,49)(H,46,52). The molecule has 0 saturated carbocycles. The molecule has 54 heavy (non-hydrogen) atoms. The zero-order chi connectivity index (χ0) is 40.2. The van der Waals surface area contributed by atoms with Crippen molar-refractivity contribution >= 4 is 23.9 Å². The van der Waals surface area contributed by atoms with Crippen LogP contribution < -0.4 is 10.6 Å². The van der Waals surface area contributed by atoms with E-state index in [1.807, 2.05) is 37.3 Å². The van der Waals surface area contributed by atoms with Crippen LogP contribution in [0.1, 0.15) is 103 Å². The van der Waals surface area contributed by atoms with E-state index in [9.17, 15) is 19.5 Å². The Morgan fingerprint density at radius 1 is 0.741 bits per heavy atom. The van der Waals surface area contributed by atoms with E-state index in [1.54, 1.807) is 77.9 Å². The lowest BCUT2D eigenvalue weighted by Gasteiger charge is -2.39. The lowest BCUT2D eigenvalue weighted by atomic mass is 9.95. The van der Waals surface area contributed by atoms with Crippen molar-refractivity contribution in [1.29, 1.82) is 0 Å². The Balaban J connectivity index is 2.20. The van der Waals surface area contributed by atoms with Gasteiger partial charge in [0.15, 0.2) is 0 Å². The summed E-state index contributed by atoms with van der Waals surface area (Å²) in [5, 5.41) is 15.7. The van der Waals surface area contributed by atoms with Crippen LogP contribution in [0.15, 0.2) is 78.9 Å². The molecule has 0 aliphatic heterocycles. The van der Waals surface area contributed by atoms with Gasteiger partial charge in [0.1, 0.15) is 35.1 Å². The number of alkyl carbamates (subject to hydrolysis) is 1. The van der Waals surface area contributed by atoms with Crippen LogP contribution >= 0.6 is 0 Å². The molecule has 0 saturated heterocycles. The first-order valence-electron chi connectivity index (χ1n) is 18.5. The molecule has 3 rings (SSSR count). The molecule has 290 valence electrons. The maximum atomic E-state index is 15.1. The average molecular weight is 740 g/mol. The summed E-state index contributed by atoms with van der Waals surface area (Å²) in [5.74, 6) is 1.17. The second-order valence-corrected chi connectivity index (χ2v) is 16.1. The largest absolute Gasteiger partial charge is 0.508 e. The molecule has 3 amide bonds. The highest BCUT2D eigenvalue weighted by Crippen LogP contribution is 2.29. The third kappa shape index (κ3) is 13.9. The van der Waals surface area contributed by atoms with Gasteiger partial charge in [-0.2, -0.15) is 0 Å². The quantitative estimate of drug-likeness (QED) is 0.110. The number of hydrogen-bond acceptors (Lipinski definition) is 7. The molecule has 0 fully saturated rings. The third-order valence-electron chi connectivity index (χ3n) is 8.47. The van der Waals surface area contributed by atoms with E-state index in [-0.39, 0.29) is 18.6 Å².